The quantitative estimate of drug-likeness (QED) is 0.738. The molecule has 3 heterocycles. The first kappa shape index (κ1) is 14.8. The Balaban J connectivity index is 1.47. The monoisotopic (exact) mass is 325 g/mol. The van der Waals surface area contributed by atoms with Gasteiger partial charge in [-0.15, -0.1) is 11.3 Å². The third-order valence-electron chi connectivity index (χ3n) is 4.14. The third kappa shape index (κ3) is 3.27. The van der Waals surface area contributed by atoms with E-state index in [2.05, 4.69) is 45.2 Å². The Labute approximate surface area is 139 Å². The highest BCUT2D eigenvalue weighted by atomic mass is 32.1. The first-order valence-corrected chi connectivity index (χ1v) is 8.69. The van der Waals surface area contributed by atoms with Gasteiger partial charge in [0.25, 0.3) is 0 Å². The number of ether oxygens (including phenoxy) is 1. The van der Waals surface area contributed by atoms with Crippen LogP contribution < -0.4 is 0 Å². The van der Waals surface area contributed by atoms with Gasteiger partial charge in [-0.25, -0.2) is 0 Å². The van der Waals surface area contributed by atoms with E-state index in [-0.39, 0.29) is 6.10 Å². The highest BCUT2D eigenvalue weighted by Gasteiger charge is 2.23. The summed E-state index contributed by atoms with van der Waals surface area (Å²) in [5, 5.41) is 1.33. The number of thiophene rings is 1. The van der Waals surface area contributed by atoms with Crippen LogP contribution in [0.1, 0.15) is 22.4 Å². The fraction of sp³-hybridized carbons (Fsp3) is 0.333. The van der Waals surface area contributed by atoms with E-state index in [1.807, 2.05) is 30.7 Å². The number of hydrogen-bond donors (Lipinski definition) is 0. The van der Waals surface area contributed by atoms with Crippen LogP contribution in [0.4, 0.5) is 0 Å². The Bertz CT molecular complexity index is 766. The van der Waals surface area contributed by atoms with Gasteiger partial charge >= 0.3 is 0 Å². The predicted octanol–water partition coefficient (Wildman–Crippen LogP) is 3.57. The summed E-state index contributed by atoms with van der Waals surface area (Å²) in [4.78, 5) is 12.6. The van der Waals surface area contributed by atoms with Gasteiger partial charge in [0, 0.05) is 35.4 Å². The number of morpholine rings is 1. The van der Waals surface area contributed by atoms with Crippen LogP contribution in [0, 0.1) is 6.92 Å². The van der Waals surface area contributed by atoms with Crippen LogP contribution in [-0.2, 0) is 11.3 Å². The van der Waals surface area contributed by atoms with Gasteiger partial charge in [0.05, 0.1) is 24.2 Å². The molecule has 5 heteroatoms. The fourth-order valence-electron chi connectivity index (χ4n) is 2.93. The summed E-state index contributed by atoms with van der Waals surface area (Å²) < 4.78 is 7.25. The molecule has 4 nitrogen and oxygen atoms in total. The molecule has 0 N–H and O–H groups in total. The molecule has 1 fully saturated rings. The van der Waals surface area contributed by atoms with Crippen molar-refractivity contribution < 1.29 is 4.74 Å². The van der Waals surface area contributed by atoms with Crippen LogP contribution in [0.3, 0.4) is 0 Å². The van der Waals surface area contributed by atoms with Crippen LogP contribution in [0.5, 0.6) is 0 Å². The SMILES string of the molecule is Cc1cnc([C@H]2CN(Cc3cc4ccccc4s3)CCO2)cn1. The molecule has 4 rings (SSSR count). The summed E-state index contributed by atoms with van der Waals surface area (Å²) in [6.07, 6.45) is 3.67. The summed E-state index contributed by atoms with van der Waals surface area (Å²) in [5.41, 5.74) is 1.86. The van der Waals surface area contributed by atoms with E-state index in [1.165, 1.54) is 15.0 Å². The van der Waals surface area contributed by atoms with Gasteiger partial charge in [0.2, 0.25) is 0 Å². The Morgan fingerprint density at radius 2 is 2.17 bits per heavy atom. The maximum atomic E-state index is 5.89. The van der Waals surface area contributed by atoms with Gasteiger partial charge in [0.1, 0.15) is 6.10 Å². The van der Waals surface area contributed by atoms with Crippen LogP contribution >= 0.6 is 11.3 Å². The van der Waals surface area contributed by atoms with E-state index in [0.29, 0.717) is 0 Å². The van der Waals surface area contributed by atoms with Gasteiger partial charge in [-0.05, 0) is 24.4 Å². The molecule has 1 aromatic carbocycles. The van der Waals surface area contributed by atoms with Crippen molar-refractivity contribution in [2.24, 2.45) is 0 Å². The van der Waals surface area contributed by atoms with Crippen molar-refractivity contribution in [1.82, 2.24) is 14.9 Å². The van der Waals surface area contributed by atoms with Crippen molar-refractivity contribution in [1.29, 1.82) is 0 Å². The molecule has 0 aliphatic carbocycles. The molecule has 1 atom stereocenters. The van der Waals surface area contributed by atoms with Crippen molar-refractivity contribution in [2.45, 2.75) is 19.6 Å². The number of nitrogens with zero attached hydrogens (tertiary/aromatic N) is 3. The van der Waals surface area contributed by atoms with Gasteiger partial charge in [-0.1, -0.05) is 18.2 Å². The van der Waals surface area contributed by atoms with Gasteiger partial charge in [-0.2, -0.15) is 0 Å². The summed E-state index contributed by atoms with van der Waals surface area (Å²) >= 11 is 1.88. The van der Waals surface area contributed by atoms with Gasteiger partial charge in [-0.3, -0.25) is 14.9 Å². The van der Waals surface area contributed by atoms with E-state index in [0.717, 1.165) is 37.6 Å². The van der Waals surface area contributed by atoms with Crippen molar-refractivity contribution in [3.63, 3.8) is 0 Å². The maximum Gasteiger partial charge on any atom is 0.114 e. The zero-order valence-electron chi connectivity index (χ0n) is 13.1. The molecule has 0 unspecified atom stereocenters. The van der Waals surface area contributed by atoms with Crippen molar-refractivity contribution in [3.8, 4) is 0 Å². The lowest BCUT2D eigenvalue weighted by atomic mass is 10.2. The lowest BCUT2D eigenvalue weighted by Crippen LogP contribution is -2.37. The second-order valence-electron chi connectivity index (χ2n) is 5.93. The lowest BCUT2D eigenvalue weighted by molar-refractivity contribution is -0.0348. The number of aromatic nitrogens is 2. The van der Waals surface area contributed by atoms with Crippen LogP contribution in [0.15, 0.2) is 42.7 Å². The molecule has 118 valence electrons. The number of hydrogen-bond acceptors (Lipinski definition) is 5. The van der Waals surface area contributed by atoms with Crippen molar-refractivity contribution in [2.75, 3.05) is 19.7 Å². The normalized spacial score (nSPS) is 19.3. The smallest absolute Gasteiger partial charge is 0.114 e. The van der Waals surface area contributed by atoms with Crippen molar-refractivity contribution >= 4 is 21.4 Å². The van der Waals surface area contributed by atoms with E-state index in [1.54, 1.807) is 0 Å². The predicted molar refractivity (Wildman–Crippen MR) is 92.6 cm³/mol. The molecule has 0 spiro atoms. The Kier molecular flexibility index (Phi) is 4.08. The van der Waals surface area contributed by atoms with E-state index in [4.69, 9.17) is 4.74 Å². The fourth-order valence-corrected chi connectivity index (χ4v) is 4.04. The minimum absolute atomic E-state index is 0.0197. The summed E-state index contributed by atoms with van der Waals surface area (Å²) in [6, 6.07) is 10.9. The van der Waals surface area contributed by atoms with Gasteiger partial charge in [0.15, 0.2) is 0 Å². The summed E-state index contributed by atoms with van der Waals surface area (Å²) in [5.74, 6) is 0. The highest BCUT2D eigenvalue weighted by Crippen LogP contribution is 2.28. The second kappa shape index (κ2) is 6.35. The van der Waals surface area contributed by atoms with Gasteiger partial charge < -0.3 is 4.74 Å². The van der Waals surface area contributed by atoms with E-state index < -0.39 is 0 Å². The first-order valence-electron chi connectivity index (χ1n) is 7.88. The standard InChI is InChI=1S/C18H19N3OS/c1-13-9-20-16(10-19-13)17-12-21(6-7-22-17)11-15-8-14-4-2-3-5-18(14)23-15/h2-5,8-10,17H,6-7,11-12H2,1H3/t17-/m1/s1. The zero-order valence-corrected chi connectivity index (χ0v) is 13.9. The van der Waals surface area contributed by atoms with E-state index in [9.17, 15) is 0 Å². The Morgan fingerprint density at radius 3 is 3.00 bits per heavy atom. The summed E-state index contributed by atoms with van der Waals surface area (Å²) in [7, 11) is 0. The molecule has 0 saturated carbocycles. The van der Waals surface area contributed by atoms with Crippen LogP contribution in [0.2, 0.25) is 0 Å². The number of aryl methyl sites for hydroxylation is 1. The molecule has 23 heavy (non-hydrogen) atoms. The molecule has 1 saturated heterocycles. The maximum absolute atomic E-state index is 5.89. The molecular weight excluding hydrogens is 306 g/mol. The summed E-state index contributed by atoms with van der Waals surface area (Å²) in [6.45, 7) is 5.49. The van der Waals surface area contributed by atoms with Crippen LogP contribution in [0.25, 0.3) is 10.1 Å². The molecular formula is C18H19N3OS. The minimum atomic E-state index is 0.0197. The second-order valence-corrected chi connectivity index (χ2v) is 7.10. The number of benzene rings is 1. The van der Waals surface area contributed by atoms with E-state index >= 15 is 0 Å². The molecule has 0 bridgehead atoms. The molecule has 1 aliphatic heterocycles. The zero-order chi connectivity index (χ0) is 15.6. The molecule has 1 aliphatic rings. The Morgan fingerprint density at radius 1 is 1.26 bits per heavy atom. The topological polar surface area (TPSA) is 38.2 Å². The molecule has 0 amide bonds. The first-order chi connectivity index (χ1) is 11.3. The Hall–Kier alpha value is -1.82. The molecule has 0 radical (unpaired) electrons. The molecule has 3 aromatic rings. The average molecular weight is 325 g/mol. The number of fused-ring (bicyclic) bond motifs is 1. The average Bonchev–Trinajstić information content (AvgIpc) is 2.98. The molecule has 2 aromatic heterocycles. The number of rotatable bonds is 3. The third-order valence-corrected chi connectivity index (χ3v) is 5.24. The lowest BCUT2D eigenvalue weighted by Gasteiger charge is -2.32. The van der Waals surface area contributed by atoms with Crippen LogP contribution in [-0.4, -0.2) is 34.6 Å². The van der Waals surface area contributed by atoms with Crippen molar-refractivity contribution in [3.05, 3.63) is 59.0 Å². The minimum Gasteiger partial charge on any atom is -0.369 e. The largest absolute Gasteiger partial charge is 0.369 e. The highest BCUT2D eigenvalue weighted by molar-refractivity contribution is 7.19.